The number of aromatic nitrogens is 4. The molecule has 0 aliphatic rings. The minimum absolute atomic E-state index is 0.227. The van der Waals surface area contributed by atoms with Gasteiger partial charge in [-0.05, 0) is 11.6 Å². The first-order valence-electron chi connectivity index (χ1n) is 9.78. The number of carbonyl (C=O) groups is 1. The quantitative estimate of drug-likeness (QED) is 0.480. The number of methoxy groups -OCH3 is 1. The SMILES string of the molecule is COC(=O)c1ncc2c(cc(-c3cnc(N(C)C)nc3)c(=O)n2Cc2ccccc2)c1O. The number of rotatable bonds is 5. The summed E-state index contributed by atoms with van der Waals surface area (Å²) in [6.45, 7) is 0.249. The normalized spacial score (nSPS) is 10.8. The number of aromatic hydroxyl groups is 1. The topological polar surface area (TPSA) is 110 Å². The monoisotopic (exact) mass is 431 g/mol. The van der Waals surface area contributed by atoms with Gasteiger partial charge < -0.3 is 19.3 Å². The lowest BCUT2D eigenvalue weighted by molar-refractivity contribution is 0.0591. The van der Waals surface area contributed by atoms with E-state index in [1.165, 1.54) is 23.9 Å². The van der Waals surface area contributed by atoms with Crippen LogP contribution in [0.3, 0.4) is 0 Å². The molecular formula is C23H21N5O4. The summed E-state index contributed by atoms with van der Waals surface area (Å²) in [5.74, 6) is -0.632. The molecule has 9 heteroatoms. The number of esters is 1. The molecule has 4 aromatic rings. The summed E-state index contributed by atoms with van der Waals surface area (Å²) in [5, 5.41) is 11.1. The molecule has 0 atom stereocenters. The maximum absolute atomic E-state index is 13.5. The number of anilines is 1. The molecular weight excluding hydrogens is 410 g/mol. The molecule has 162 valence electrons. The summed E-state index contributed by atoms with van der Waals surface area (Å²) >= 11 is 0. The van der Waals surface area contributed by atoms with Crippen LogP contribution in [0, 0.1) is 0 Å². The fraction of sp³-hybridized carbons (Fsp3) is 0.174. The number of ether oxygens (including phenoxy) is 1. The van der Waals surface area contributed by atoms with Crippen LogP contribution in [0.4, 0.5) is 5.95 Å². The van der Waals surface area contributed by atoms with Crippen LogP contribution in [0.25, 0.3) is 22.0 Å². The first-order valence-corrected chi connectivity index (χ1v) is 9.78. The third-order valence-corrected chi connectivity index (χ3v) is 5.04. The smallest absolute Gasteiger partial charge is 0.360 e. The van der Waals surface area contributed by atoms with Gasteiger partial charge in [0.15, 0.2) is 11.4 Å². The predicted octanol–water partition coefficient (Wildman–Crippen LogP) is 2.46. The highest BCUT2D eigenvalue weighted by atomic mass is 16.5. The van der Waals surface area contributed by atoms with Crippen LogP contribution in [0.2, 0.25) is 0 Å². The number of fused-ring (bicyclic) bond motifs is 1. The Kier molecular flexibility index (Phi) is 5.55. The number of pyridine rings is 2. The summed E-state index contributed by atoms with van der Waals surface area (Å²) in [4.78, 5) is 39.9. The van der Waals surface area contributed by atoms with Crippen molar-refractivity contribution in [3.63, 3.8) is 0 Å². The van der Waals surface area contributed by atoms with Gasteiger partial charge in [-0.25, -0.2) is 19.7 Å². The summed E-state index contributed by atoms with van der Waals surface area (Å²) in [5.41, 5.74) is 1.53. The van der Waals surface area contributed by atoms with Gasteiger partial charge in [0, 0.05) is 37.4 Å². The molecule has 32 heavy (non-hydrogen) atoms. The van der Waals surface area contributed by atoms with Crippen molar-refractivity contribution in [3.8, 4) is 16.9 Å². The molecule has 0 radical (unpaired) electrons. The second kappa shape index (κ2) is 8.46. The second-order valence-corrected chi connectivity index (χ2v) is 7.35. The maximum Gasteiger partial charge on any atom is 0.360 e. The van der Waals surface area contributed by atoms with Gasteiger partial charge in [0.05, 0.1) is 30.9 Å². The highest BCUT2D eigenvalue weighted by Crippen LogP contribution is 2.30. The molecule has 0 aliphatic heterocycles. The van der Waals surface area contributed by atoms with E-state index in [4.69, 9.17) is 4.74 Å². The summed E-state index contributed by atoms with van der Waals surface area (Å²) in [6, 6.07) is 11.0. The van der Waals surface area contributed by atoms with Crippen molar-refractivity contribution in [2.24, 2.45) is 0 Å². The van der Waals surface area contributed by atoms with E-state index in [1.807, 2.05) is 44.4 Å². The number of nitrogens with zero attached hydrogens (tertiary/aromatic N) is 5. The summed E-state index contributed by atoms with van der Waals surface area (Å²) in [6.07, 6.45) is 4.50. The van der Waals surface area contributed by atoms with Crippen LogP contribution in [-0.2, 0) is 11.3 Å². The number of hydrogen-bond acceptors (Lipinski definition) is 8. The lowest BCUT2D eigenvalue weighted by atomic mass is 10.1. The first kappa shape index (κ1) is 21.0. The lowest BCUT2D eigenvalue weighted by Gasteiger charge is -2.15. The Labute approximate surface area is 183 Å². The molecule has 3 aromatic heterocycles. The molecule has 0 amide bonds. The Balaban J connectivity index is 1.98. The molecule has 0 unspecified atom stereocenters. The highest BCUT2D eigenvalue weighted by molar-refractivity contribution is 5.99. The van der Waals surface area contributed by atoms with Crippen molar-refractivity contribution in [2.75, 3.05) is 26.1 Å². The average molecular weight is 431 g/mol. The van der Waals surface area contributed by atoms with Crippen LogP contribution >= 0.6 is 0 Å². The van der Waals surface area contributed by atoms with Gasteiger partial charge in [-0.15, -0.1) is 0 Å². The maximum atomic E-state index is 13.5. The third kappa shape index (κ3) is 3.76. The van der Waals surface area contributed by atoms with Crippen molar-refractivity contribution in [3.05, 3.63) is 76.6 Å². The van der Waals surface area contributed by atoms with E-state index in [-0.39, 0.29) is 29.1 Å². The number of hydrogen-bond donors (Lipinski definition) is 1. The van der Waals surface area contributed by atoms with Crippen molar-refractivity contribution >= 4 is 22.8 Å². The minimum atomic E-state index is -0.773. The van der Waals surface area contributed by atoms with E-state index in [2.05, 4.69) is 15.0 Å². The Morgan fingerprint density at radius 1 is 1.09 bits per heavy atom. The molecule has 0 bridgehead atoms. The zero-order valence-electron chi connectivity index (χ0n) is 17.8. The molecule has 0 fully saturated rings. The van der Waals surface area contributed by atoms with Gasteiger partial charge in [-0.3, -0.25) is 4.79 Å². The van der Waals surface area contributed by atoms with Crippen molar-refractivity contribution in [2.45, 2.75) is 6.54 Å². The number of carbonyl (C=O) groups excluding carboxylic acids is 1. The van der Waals surface area contributed by atoms with Crippen molar-refractivity contribution < 1.29 is 14.6 Å². The zero-order chi connectivity index (χ0) is 22.8. The van der Waals surface area contributed by atoms with E-state index in [0.717, 1.165) is 5.56 Å². The molecule has 4 rings (SSSR count). The standard InChI is InChI=1S/C23H21N5O4/c1-27(2)23-25-10-15(11-26-23)16-9-17-18(12-24-19(20(17)29)22(31)32-3)28(21(16)30)13-14-7-5-4-6-8-14/h4-12,29H,13H2,1-3H3. The zero-order valence-corrected chi connectivity index (χ0v) is 17.8. The van der Waals surface area contributed by atoms with Crippen molar-refractivity contribution in [1.29, 1.82) is 0 Å². The summed E-state index contributed by atoms with van der Waals surface area (Å²) in [7, 11) is 4.84. The van der Waals surface area contributed by atoms with Gasteiger partial charge in [0.1, 0.15) is 0 Å². The van der Waals surface area contributed by atoms with Crippen LogP contribution in [0.5, 0.6) is 5.75 Å². The van der Waals surface area contributed by atoms with E-state index in [0.29, 0.717) is 22.4 Å². The minimum Gasteiger partial charge on any atom is -0.505 e. The molecule has 3 heterocycles. The molecule has 9 nitrogen and oxygen atoms in total. The third-order valence-electron chi connectivity index (χ3n) is 5.04. The fourth-order valence-corrected chi connectivity index (χ4v) is 3.39. The van der Waals surface area contributed by atoms with Gasteiger partial charge >= 0.3 is 5.97 Å². The van der Waals surface area contributed by atoms with Crippen LogP contribution in [0.1, 0.15) is 16.1 Å². The Bertz CT molecular complexity index is 1350. The largest absolute Gasteiger partial charge is 0.505 e. The Hall–Kier alpha value is -4.27. The fourth-order valence-electron chi connectivity index (χ4n) is 3.39. The lowest BCUT2D eigenvalue weighted by Crippen LogP contribution is -2.23. The predicted molar refractivity (Wildman–Crippen MR) is 120 cm³/mol. The average Bonchev–Trinajstić information content (AvgIpc) is 2.81. The highest BCUT2D eigenvalue weighted by Gasteiger charge is 2.21. The van der Waals surface area contributed by atoms with E-state index >= 15 is 0 Å². The van der Waals surface area contributed by atoms with Crippen molar-refractivity contribution in [1.82, 2.24) is 19.5 Å². The van der Waals surface area contributed by atoms with Gasteiger partial charge in [0.2, 0.25) is 5.95 Å². The Morgan fingerprint density at radius 2 is 1.78 bits per heavy atom. The molecule has 0 saturated carbocycles. The number of benzene rings is 1. The molecule has 1 aromatic carbocycles. The molecule has 0 aliphatic carbocycles. The van der Waals surface area contributed by atoms with Crippen LogP contribution < -0.4 is 10.5 Å². The van der Waals surface area contributed by atoms with E-state index in [1.54, 1.807) is 17.3 Å². The molecule has 0 saturated heterocycles. The van der Waals surface area contributed by atoms with Crippen LogP contribution in [-0.4, -0.2) is 51.8 Å². The van der Waals surface area contributed by atoms with Gasteiger partial charge in [0.25, 0.3) is 5.56 Å². The summed E-state index contributed by atoms with van der Waals surface area (Å²) < 4.78 is 6.22. The van der Waals surface area contributed by atoms with E-state index in [9.17, 15) is 14.7 Å². The first-order chi connectivity index (χ1) is 15.4. The van der Waals surface area contributed by atoms with Crippen LogP contribution in [0.15, 0.2) is 59.8 Å². The second-order valence-electron chi connectivity index (χ2n) is 7.35. The molecule has 1 N–H and O–H groups in total. The van der Waals surface area contributed by atoms with Gasteiger partial charge in [-0.2, -0.15) is 0 Å². The van der Waals surface area contributed by atoms with Gasteiger partial charge in [-0.1, -0.05) is 30.3 Å². The van der Waals surface area contributed by atoms with E-state index < -0.39 is 5.97 Å². The molecule has 0 spiro atoms. The Morgan fingerprint density at radius 3 is 2.41 bits per heavy atom.